The van der Waals surface area contributed by atoms with Crippen LogP contribution in [0, 0.1) is 5.41 Å². The molecule has 0 aliphatic rings. The average Bonchev–Trinajstić information content (AvgIpc) is 2.07. The van der Waals surface area contributed by atoms with Gasteiger partial charge in [-0.2, -0.15) is 0 Å². The third-order valence-corrected chi connectivity index (χ3v) is 2.27. The summed E-state index contributed by atoms with van der Waals surface area (Å²) in [4.78, 5) is 0. The van der Waals surface area contributed by atoms with Crippen molar-refractivity contribution in [3.05, 3.63) is 46.5 Å². The van der Waals surface area contributed by atoms with Gasteiger partial charge in [0.1, 0.15) is 5.76 Å². The SMILES string of the molecule is C=C(O)/C=c1/cc(CC(C)(C)C)ccc1=C. The molecule has 86 valence electrons. The molecule has 0 aliphatic carbocycles. The van der Waals surface area contributed by atoms with E-state index in [1.165, 1.54) is 5.56 Å². The molecule has 0 atom stereocenters. The maximum Gasteiger partial charge on any atom is 0.109 e. The zero-order valence-electron chi connectivity index (χ0n) is 10.4. The third-order valence-electron chi connectivity index (χ3n) is 2.27. The molecule has 0 saturated carbocycles. The fraction of sp³-hybridized carbons (Fsp3) is 0.333. The van der Waals surface area contributed by atoms with Crippen LogP contribution in [0.4, 0.5) is 0 Å². The van der Waals surface area contributed by atoms with Crippen molar-refractivity contribution < 1.29 is 5.11 Å². The molecule has 0 amide bonds. The van der Waals surface area contributed by atoms with Crippen LogP contribution < -0.4 is 10.4 Å². The van der Waals surface area contributed by atoms with Gasteiger partial charge in [0.05, 0.1) is 0 Å². The Morgan fingerprint density at radius 3 is 2.50 bits per heavy atom. The summed E-state index contributed by atoms with van der Waals surface area (Å²) >= 11 is 0. The van der Waals surface area contributed by atoms with Gasteiger partial charge in [-0.05, 0) is 33.9 Å². The molecule has 16 heavy (non-hydrogen) atoms. The number of benzene rings is 1. The number of rotatable bonds is 2. The minimum absolute atomic E-state index is 0.0674. The van der Waals surface area contributed by atoms with Crippen LogP contribution in [0.1, 0.15) is 26.3 Å². The molecule has 0 unspecified atom stereocenters. The van der Waals surface area contributed by atoms with E-state index >= 15 is 0 Å². The lowest BCUT2D eigenvalue weighted by Gasteiger charge is -2.17. The van der Waals surface area contributed by atoms with Gasteiger partial charge in [0, 0.05) is 0 Å². The number of hydrogen-bond acceptors (Lipinski definition) is 1. The van der Waals surface area contributed by atoms with Crippen molar-refractivity contribution in [2.45, 2.75) is 27.2 Å². The molecule has 0 bridgehead atoms. The summed E-state index contributed by atoms with van der Waals surface area (Å²) in [6.07, 6.45) is 2.65. The second-order valence-corrected chi connectivity index (χ2v) is 5.41. The van der Waals surface area contributed by atoms with E-state index < -0.39 is 0 Å². The number of aliphatic hydroxyl groups excluding tert-OH is 1. The first-order valence-corrected chi connectivity index (χ1v) is 5.45. The van der Waals surface area contributed by atoms with Gasteiger partial charge in [-0.1, -0.05) is 52.1 Å². The van der Waals surface area contributed by atoms with Crippen molar-refractivity contribution in [3.63, 3.8) is 0 Å². The maximum atomic E-state index is 9.18. The fourth-order valence-electron chi connectivity index (χ4n) is 1.68. The van der Waals surface area contributed by atoms with E-state index in [4.69, 9.17) is 0 Å². The molecule has 0 aliphatic heterocycles. The van der Waals surface area contributed by atoms with Crippen molar-refractivity contribution in [3.8, 4) is 0 Å². The monoisotopic (exact) mass is 216 g/mol. The Bertz CT molecular complexity index is 489. The van der Waals surface area contributed by atoms with Gasteiger partial charge in [-0.3, -0.25) is 0 Å². The molecule has 1 nitrogen and oxygen atoms in total. The van der Waals surface area contributed by atoms with Gasteiger partial charge in [0.2, 0.25) is 0 Å². The molecule has 1 aromatic carbocycles. The molecule has 0 fully saturated rings. The highest BCUT2D eigenvalue weighted by atomic mass is 16.3. The summed E-state index contributed by atoms with van der Waals surface area (Å²) in [6.45, 7) is 14.0. The van der Waals surface area contributed by atoms with Crippen LogP contribution in [0.5, 0.6) is 0 Å². The van der Waals surface area contributed by atoms with Gasteiger partial charge in [0.25, 0.3) is 0 Å². The average molecular weight is 216 g/mol. The van der Waals surface area contributed by atoms with Crippen LogP contribution >= 0.6 is 0 Å². The van der Waals surface area contributed by atoms with Crippen LogP contribution in [0.25, 0.3) is 12.7 Å². The summed E-state index contributed by atoms with van der Waals surface area (Å²) in [7, 11) is 0. The molecule has 0 heterocycles. The molecule has 0 saturated heterocycles. The topological polar surface area (TPSA) is 20.2 Å². The van der Waals surface area contributed by atoms with E-state index in [1.54, 1.807) is 6.08 Å². The van der Waals surface area contributed by atoms with Gasteiger partial charge < -0.3 is 5.11 Å². The second kappa shape index (κ2) is 4.56. The number of hydrogen-bond donors (Lipinski definition) is 1. The highest BCUT2D eigenvalue weighted by Crippen LogP contribution is 2.18. The lowest BCUT2D eigenvalue weighted by molar-refractivity contribution is 0.411. The van der Waals surface area contributed by atoms with Gasteiger partial charge >= 0.3 is 0 Å². The molecule has 1 aromatic rings. The van der Waals surface area contributed by atoms with Crippen LogP contribution in [0.15, 0.2) is 30.5 Å². The zero-order valence-corrected chi connectivity index (χ0v) is 10.4. The minimum Gasteiger partial charge on any atom is -0.509 e. The zero-order chi connectivity index (χ0) is 12.3. The van der Waals surface area contributed by atoms with Crippen molar-refractivity contribution in [2.75, 3.05) is 0 Å². The van der Waals surface area contributed by atoms with E-state index in [0.29, 0.717) is 0 Å². The molecule has 1 heteroatoms. The Morgan fingerprint density at radius 2 is 2.00 bits per heavy atom. The lowest BCUT2D eigenvalue weighted by atomic mass is 9.88. The molecule has 0 aromatic heterocycles. The van der Waals surface area contributed by atoms with E-state index in [2.05, 4.69) is 46.1 Å². The summed E-state index contributed by atoms with van der Waals surface area (Å²) < 4.78 is 0. The van der Waals surface area contributed by atoms with Gasteiger partial charge in [-0.25, -0.2) is 0 Å². The molecular weight excluding hydrogens is 196 g/mol. The molecular formula is C15H20O. The van der Waals surface area contributed by atoms with Gasteiger partial charge in [0.15, 0.2) is 0 Å². The van der Waals surface area contributed by atoms with Crippen LogP contribution in [-0.4, -0.2) is 5.11 Å². The third kappa shape index (κ3) is 3.93. The Balaban J connectivity index is 3.18. The Morgan fingerprint density at radius 1 is 1.38 bits per heavy atom. The highest BCUT2D eigenvalue weighted by molar-refractivity contribution is 5.41. The molecule has 0 spiro atoms. The predicted octanol–water partition coefficient (Wildman–Crippen LogP) is 2.54. The standard InChI is InChI=1S/C15H20O/c1-11-6-7-13(10-15(3,4)5)9-14(11)8-12(2)16/h6-9,16H,1-2,10H2,3-5H3/b14-8-. The van der Waals surface area contributed by atoms with Crippen molar-refractivity contribution >= 4 is 12.7 Å². The Labute approximate surface area is 97.4 Å². The smallest absolute Gasteiger partial charge is 0.109 e. The first-order valence-electron chi connectivity index (χ1n) is 5.45. The van der Waals surface area contributed by atoms with E-state index in [1.807, 2.05) is 6.07 Å². The fourth-order valence-corrected chi connectivity index (χ4v) is 1.68. The van der Waals surface area contributed by atoms with Crippen LogP contribution in [0.2, 0.25) is 0 Å². The van der Waals surface area contributed by atoms with Crippen molar-refractivity contribution in [2.24, 2.45) is 5.41 Å². The highest BCUT2D eigenvalue weighted by Gasteiger charge is 2.10. The summed E-state index contributed by atoms with van der Waals surface area (Å²) in [5, 5.41) is 11.0. The van der Waals surface area contributed by atoms with Crippen LogP contribution in [0.3, 0.4) is 0 Å². The largest absolute Gasteiger partial charge is 0.509 e. The van der Waals surface area contributed by atoms with Crippen LogP contribution in [-0.2, 0) is 6.42 Å². The van der Waals surface area contributed by atoms with E-state index in [0.717, 1.165) is 16.9 Å². The first kappa shape index (κ1) is 12.6. The summed E-state index contributed by atoms with van der Waals surface area (Å²) in [6, 6.07) is 6.13. The molecule has 1 N–H and O–H groups in total. The van der Waals surface area contributed by atoms with Gasteiger partial charge in [-0.15, -0.1) is 0 Å². The quantitative estimate of drug-likeness (QED) is 0.753. The predicted molar refractivity (Wildman–Crippen MR) is 70.6 cm³/mol. The normalized spacial score (nSPS) is 12.8. The number of aliphatic hydroxyl groups is 1. The lowest BCUT2D eigenvalue weighted by Crippen LogP contribution is -2.24. The van der Waals surface area contributed by atoms with E-state index in [9.17, 15) is 5.11 Å². The maximum absolute atomic E-state index is 9.18. The minimum atomic E-state index is 0.0674. The molecule has 1 rings (SSSR count). The second-order valence-electron chi connectivity index (χ2n) is 5.41. The first-order chi connectivity index (χ1) is 7.28. The van der Waals surface area contributed by atoms with Crippen molar-refractivity contribution in [1.82, 2.24) is 0 Å². The summed E-state index contributed by atoms with van der Waals surface area (Å²) in [5.41, 5.74) is 1.52. The summed E-state index contributed by atoms with van der Waals surface area (Å²) in [5.74, 6) is 0.0674. The molecule has 0 radical (unpaired) electrons. The van der Waals surface area contributed by atoms with Crippen molar-refractivity contribution in [1.29, 1.82) is 0 Å². The van der Waals surface area contributed by atoms with E-state index in [-0.39, 0.29) is 11.2 Å². The Hall–Kier alpha value is -1.50. The number of allylic oxidation sites excluding steroid dienone is 1. The Kier molecular flexibility index (Phi) is 3.58.